The number of benzene rings is 4. The second-order valence-electron chi connectivity index (χ2n) is 10.7. The normalized spacial score (nSPS) is 14.2. The van der Waals surface area contributed by atoms with E-state index >= 15 is 0 Å². The first-order valence-electron chi connectivity index (χ1n) is 13.9. The van der Waals surface area contributed by atoms with E-state index in [1.807, 2.05) is 61.5 Å². The zero-order valence-electron chi connectivity index (χ0n) is 25.9. The first-order chi connectivity index (χ1) is 21.5. The van der Waals surface area contributed by atoms with Gasteiger partial charge in [0.05, 0.1) is 21.9 Å². The van der Waals surface area contributed by atoms with Gasteiger partial charge in [-0.2, -0.15) is 0 Å². The summed E-state index contributed by atoms with van der Waals surface area (Å²) in [5.41, 5.74) is 7.72. The van der Waals surface area contributed by atoms with Crippen LogP contribution in [0, 0.1) is 0 Å². The topological polar surface area (TPSA) is 78.9 Å². The molecule has 3 heterocycles. The van der Waals surface area contributed by atoms with Crippen molar-refractivity contribution in [2.24, 2.45) is 0 Å². The molecule has 0 spiro atoms. The van der Waals surface area contributed by atoms with Crippen LogP contribution >= 0.6 is 79.6 Å². The molecular weight excluding hydrogens is 919 g/mol. The molecular formula is C34H26Br5N4NaO2. The maximum Gasteiger partial charge on any atom is 1.00 e. The Kier molecular flexibility index (Phi) is 11.5. The van der Waals surface area contributed by atoms with E-state index in [4.69, 9.17) is 0 Å². The number of aromatic nitrogens is 2. The van der Waals surface area contributed by atoms with Crippen LogP contribution in [0.4, 0.5) is 11.4 Å². The van der Waals surface area contributed by atoms with Gasteiger partial charge in [0.25, 0.3) is 0 Å². The number of aromatic amines is 1. The Bertz CT molecular complexity index is 2130. The first kappa shape index (κ1) is 35.6. The predicted octanol–water partition coefficient (Wildman–Crippen LogP) is 8.54. The molecule has 0 aliphatic carbocycles. The minimum atomic E-state index is -0.264. The fourth-order valence-corrected chi connectivity index (χ4v) is 6.96. The molecule has 7 rings (SSSR count). The molecule has 2 unspecified atom stereocenters. The van der Waals surface area contributed by atoms with Crippen molar-refractivity contribution in [1.29, 1.82) is 0 Å². The summed E-state index contributed by atoms with van der Waals surface area (Å²) < 4.78 is 6.04. The van der Waals surface area contributed by atoms with E-state index < -0.39 is 0 Å². The molecule has 0 bridgehead atoms. The summed E-state index contributed by atoms with van der Waals surface area (Å²) in [6.07, 6.45) is 0. The molecule has 46 heavy (non-hydrogen) atoms. The number of nitrogens with zero attached hydrogens (tertiary/aromatic N) is 1. The molecule has 4 aromatic carbocycles. The SMILES string of the molecule is CC(Br)C(=O)Nc1cc(Br)ccc1-c1cc2cc(Br)ccc2[nH]1.CC1C(=O)Nc2cc(Br)ccc2-c2cc3cc(Br)ccc3n21.[H-].[Na+]. The number of fused-ring (bicyclic) bond motifs is 6. The van der Waals surface area contributed by atoms with Gasteiger partial charge in [-0.1, -0.05) is 79.6 Å². The van der Waals surface area contributed by atoms with Crippen molar-refractivity contribution in [3.63, 3.8) is 0 Å². The summed E-state index contributed by atoms with van der Waals surface area (Å²) in [6.45, 7) is 3.73. The van der Waals surface area contributed by atoms with Crippen LogP contribution in [0.25, 0.3) is 44.3 Å². The van der Waals surface area contributed by atoms with Crippen molar-refractivity contribution in [3.8, 4) is 22.5 Å². The van der Waals surface area contributed by atoms with Crippen molar-refractivity contribution in [1.82, 2.24) is 9.55 Å². The maximum atomic E-state index is 12.5. The van der Waals surface area contributed by atoms with Crippen LogP contribution in [-0.2, 0) is 9.59 Å². The summed E-state index contributed by atoms with van der Waals surface area (Å²) >= 11 is 17.2. The van der Waals surface area contributed by atoms with E-state index in [2.05, 4.69) is 130 Å². The molecule has 2 atom stereocenters. The van der Waals surface area contributed by atoms with Crippen LogP contribution in [0.1, 0.15) is 21.3 Å². The molecule has 0 saturated heterocycles. The standard InChI is InChI=1S/C17H13Br3N2O.C17H12Br2N2O.Na.H/c1-9(18)17(23)22-16-8-12(20)2-4-13(16)15-7-10-6-11(19)3-5-14(10)21-15;1-9-17(22)20-14-8-12(19)2-4-13(14)16-7-10-6-11(18)3-5-15(10)21(9)16;;/h2-9,21H,1H3,(H,22,23);2-9H,1H3,(H,20,22);;/q;;+1;-1. The van der Waals surface area contributed by atoms with Crippen LogP contribution in [0.15, 0.2) is 103 Å². The quantitative estimate of drug-likeness (QED) is 0.123. The minimum Gasteiger partial charge on any atom is -1.00 e. The number of anilines is 2. The van der Waals surface area contributed by atoms with Crippen LogP contribution in [0.5, 0.6) is 0 Å². The van der Waals surface area contributed by atoms with Gasteiger partial charge in [0, 0.05) is 56.5 Å². The van der Waals surface area contributed by atoms with Gasteiger partial charge in [-0.15, -0.1) is 0 Å². The van der Waals surface area contributed by atoms with Gasteiger partial charge in [-0.3, -0.25) is 9.59 Å². The number of hydrogen-bond acceptors (Lipinski definition) is 2. The van der Waals surface area contributed by atoms with Gasteiger partial charge >= 0.3 is 29.6 Å². The molecule has 6 aromatic rings. The molecule has 1 aliphatic heterocycles. The van der Waals surface area contributed by atoms with Crippen LogP contribution in [0.3, 0.4) is 0 Å². The number of carbonyl (C=O) groups is 2. The molecule has 0 fully saturated rings. The summed E-state index contributed by atoms with van der Waals surface area (Å²) in [6, 6.07) is 28.0. The van der Waals surface area contributed by atoms with Crippen molar-refractivity contribution in [2.45, 2.75) is 24.7 Å². The van der Waals surface area contributed by atoms with Crippen LogP contribution in [-0.4, -0.2) is 26.2 Å². The van der Waals surface area contributed by atoms with Crippen molar-refractivity contribution in [3.05, 3.63) is 103 Å². The smallest absolute Gasteiger partial charge is 1.00 e. The Balaban J connectivity index is 0.000000204. The molecule has 230 valence electrons. The molecule has 0 radical (unpaired) electrons. The third-order valence-corrected chi connectivity index (χ3v) is 9.95. The number of carbonyl (C=O) groups excluding carboxylic acids is 2. The molecule has 1 aliphatic rings. The Labute approximate surface area is 331 Å². The van der Waals surface area contributed by atoms with Crippen molar-refractivity contribution >= 4 is 125 Å². The minimum absolute atomic E-state index is 0. The number of nitrogens with one attached hydrogen (secondary N) is 3. The molecule has 6 nitrogen and oxygen atoms in total. The average molecular weight is 945 g/mol. The van der Waals surface area contributed by atoms with Gasteiger partial charge < -0.3 is 21.6 Å². The zero-order chi connectivity index (χ0) is 32.0. The van der Waals surface area contributed by atoms with Crippen molar-refractivity contribution < 1.29 is 40.6 Å². The Morgan fingerprint density at radius 1 is 0.826 bits per heavy atom. The van der Waals surface area contributed by atoms with Gasteiger partial charge in [0.1, 0.15) is 6.04 Å². The number of rotatable bonds is 3. The maximum absolute atomic E-state index is 12.5. The Morgan fingerprint density at radius 3 is 2.15 bits per heavy atom. The Morgan fingerprint density at radius 2 is 1.43 bits per heavy atom. The van der Waals surface area contributed by atoms with E-state index in [9.17, 15) is 9.59 Å². The van der Waals surface area contributed by atoms with E-state index in [1.54, 1.807) is 6.92 Å². The Hall–Kier alpha value is -1.70. The van der Waals surface area contributed by atoms with Gasteiger partial charge in [0.15, 0.2) is 0 Å². The van der Waals surface area contributed by atoms with Gasteiger partial charge in [0.2, 0.25) is 11.8 Å². The number of halogens is 5. The molecule has 12 heteroatoms. The number of H-pyrrole nitrogens is 1. The third kappa shape index (κ3) is 7.47. The van der Waals surface area contributed by atoms with E-state index in [0.717, 1.165) is 73.6 Å². The molecule has 2 aromatic heterocycles. The third-order valence-electron chi connectivity index (χ3n) is 7.56. The second kappa shape index (κ2) is 14.8. The summed E-state index contributed by atoms with van der Waals surface area (Å²) in [5, 5.41) is 8.22. The van der Waals surface area contributed by atoms with Crippen LogP contribution in [0.2, 0.25) is 0 Å². The average Bonchev–Trinajstić information content (AvgIpc) is 3.55. The zero-order valence-corrected chi connectivity index (χ0v) is 34.8. The van der Waals surface area contributed by atoms with E-state index in [-0.39, 0.29) is 53.7 Å². The predicted molar refractivity (Wildman–Crippen MR) is 203 cm³/mol. The fourth-order valence-electron chi connectivity index (χ4n) is 5.36. The number of amides is 2. The monoisotopic (exact) mass is 940 g/mol. The van der Waals surface area contributed by atoms with E-state index in [0.29, 0.717) is 0 Å². The summed E-state index contributed by atoms with van der Waals surface area (Å²) in [5.74, 6) is -0.0817. The van der Waals surface area contributed by atoms with E-state index in [1.165, 1.54) is 0 Å². The molecule has 2 amide bonds. The summed E-state index contributed by atoms with van der Waals surface area (Å²) in [4.78, 5) is 27.7. The van der Waals surface area contributed by atoms with Gasteiger partial charge in [-0.05, 0) is 98.8 Å². The van der Waals surface area contributed by atoms with Gasteiger partial charge in [-0.25, -0.2) is 0 Å². The molecule has 0 saturated carbocycles. The number of alkyl halides is 1. The molecule has 3 N–H and O–H groups in total. The fraction of sp³-hybridized carbons (Fsp3) is 0.118. The summed E-state index contributed by atoms with van der Waals surface area (Å²) in [7, 11) is 0. The largest absolute Gasteiger partial charge is 1.00 e. The van der Waals surface area contributed by atoms with Crippen LogP contribution < -0.4 is 40.2 Å². The second-order valence-corrected chi connectivity index (χ2v) is 15.7. The number of hydrogen-bond donors (Lipinski definition) is 3. The first-order valence-corrected chi connectivity index (χ1v) is 18.0. The van der Waals surface area contributed by atoms with Crippen molar-refractivity contribution in [2.75, 3.05) is 10.6 Å².